The first-order valence-electron chi connectivity index (χ1n) is 3.87. The van der Waals surface area contributed by atoms with E-state index in [0.717, 1.165) is 5.69 Å². The van der Waals surface area contributed by atoms with Crippen LogP contribution < -0.4 is 5.73 Å². The van der Waals surface area contributed by atoms with E-state index in [0.29, 0.717) is 12.5 Å². The van der Waals surface area contributed by atoms with Crippen molar-refractivity contribution in [3.8, 4) is 0 Å². The molecule has 0 aliphatic rings. The highest BCUT2D eigenvalue weighted by Crippen LogP contribution is 2.16. The maximum atomic E-state index is 5.53. The van der Waals surface area contributed by atoms with Crippen molar-refractivity contribution in [2.24, 2.45) is 12.8 Å². The minimum absolute atomic E-state index is 0.516. The lowest BCUT2D eigenvalue weighted by molar-refractivity contribution is 0.742. The van der Waals surface area contributed by atoms with Crippen LogP contribution in [0.2, 0.25) is 0 Å². The van der Waals surface area contributed by atoms with Gasteiger partial charge < -0.3 is 5.73 Å². The zero-order valence-corrected chi connectivity index (χ0v) is 7.33. The van der Waals surface area contributed by atoms with Crippen LogP contribution in [0.15, 0.2) is 6.20 Å². The first-order valence-corrected chi connectivity index (χ1v) is 3.87. The molecule has 0 aromatic carbocycles. The number of hydrogen-bond acceptors (Lipinski definition) is 2. The van der Waals surface area contributed by atoms with Crippen molar-refractivity contribution in [3.63, 3.8) is 0 Å². The van der Waals surface area contributed by atoms with E-state index in [2.05, 4.69) is 18.9 Å². The molecule has 0 saturated heterocycles. The molecule has 3 heteroatoms. The maximum absolute atomic E-state index is 5.53. The van der Waals surface area contributed by atoms with Crippen molar-refractivity contribution in [2.45, 2.75) is 26.3 Å². The normalized spacial score (nSPS) is 11.0. The van der Waals surface area contributed by atoms with Gasteiger partial charge in [-0.15, -0.1) is 0 Å². The molecule has 3 nitrogen and oxygen atoms in total. The van der Waals surface area contributed by atoms with Gasteiger partial charge in [0, 0.05) is 19.8 Å². The SMILES string of the molecule is CC(C)c1cn(C)nc1CN. The summed E-state index contributed by atoms with van der Waals surface area (Å²) in [5.74, 6) is 0.516. The molecule has 0 amide bonds. The maximum Gasteiger partial charge on any atom is 0.0794 e. The Morgan fingerprint density at radius 2 is 2.27 bits per heavy atom. The lowest BCUT2D eigenvalue weighted by Crippen LogP contribution is -2.01. The third-order valence-corrected chi connectivity index (χ3v) is 1.75. The van der Waals surface area contributed by atoms with E-state index in [1.54, 1.807) is 0 Å². The fourth-order valence-corrected chi connectivity index (χ4v) is 1.19. The molecule has 11 heavy (non-hydrogen) atoms. The largest absolute Gasteiger partial charge is 0.325 e. The number of nitrogens with two attached hydrogens (primary N) is 1. The summed E-state index contributed by atoms with van der Waals surface area (Å²) in [6, 6.07) is 0. The molecule has 1 rings (SSSR count). The highest BCUT2D eigenvalue weighted by molar-refractivity contribution is 5.20. The number of rotatable bonds is 2. The van der Waals surface area contributed by atoms with Gasteiger partial charge in [0.2, 0.25) is 0 Å². The van der Waals surface area contributed by atoms with Gasteiger partial charge in [0.25, 0.3) is 0 Å². The van der Waals surface area contributed by atoms with Crippen LogP contribution in [0, 0.1) is 0 Å². The molecule has 0 aliphatic carbocycles. The monoisotopic (exact) mass is 153 g/mol. The summed E-state index contributed by atoms with van der Waals surface area (Å²) in [7, 11) is 1.92. The lowest BCUT2D eigenvalue weighted by Gasteiger charge is -2.01. The van der Waals surface area contributed by atoms with Gasteiger partial charge in [-0.1, -0.05) is 13.8 Å². The van der Waals surface area contributed by atoms with Crippen LogP contribution in [0.5, 0.6) is 0 Å². The Labute approximate surface area is 67.2 Å². The Bertz CT molecular complexity index is 237. The van der Waals surface area contributed by atoms with Crippen molar-refractivity contribution in [3.05, 3.63) is 17.5 Å². The Balaban J connectivity index is 3.02. The molecular formula is C8H15N3. The van der Waals surface area contributed by atoms with Crippen molar-refractivity contribution >= 4 is 0 Å². The second-order valence-electron chi connectivity index (χ2n) is 3.06. The van der Waals surface area contributed by atoms with E-state index in [-0.39, 0.29) is 0 Å². The van der Waals surface area contributed by atoms with Crippen LogP contribution in [0.3, 0.4) is 0 Å². The van der Waals surface area contributed by atoms with Crippen LogP contribution in [-0.4, -0.2) is 9.78 Å². The Morgan fingerprint density at radius 1 is 1.64 bits per heavy atom. The van der Waals surface area contributed by atoms with Gasteiger partial charge in [-0.05, 0) is 11.5 Å². The molecule has 0 atom stereocenters. The van der Waals surface area contributed by atoms with Gasteiger partial charge in [-0.2, -0.15) is 5.10 Å². The van der Waals surface area contributed by atoms with E-state index in [9.17, 15) is 0 Å². The predicted octanol–water partition coefficient (Wildman–Crippen LogP) is 1.00. The second kappa shape index (κ2) is 3.05. The minimum atomic E-state index is 0.516. The van der Waals surface area contributed by atoms with Gasteiger partial charge in [0.05, 0.1) is 5.69 Å². The molecule has 1 aromatic rings. The summed E-state index contributed by atoms with van der Waals surface area (Å²) in [6.07, 6.45) is 2.03. The molecule has 1 heterocycles. The molecular weight excluding hydrogens is 138 g/mol. The number of nitrogens with zero attached hydrogens (tertiary/aromatic N) is 2. The number of hydrogen-bond donors (Lipinski definition) is 1. The standard InChI is InChI=1S/C8H15N3/c1-6(2)7-5-11(3)10-8(7)4-9/h5-6H,4,9H2,1-3H3. The van der Waals surface area contributed by atoms with Crippen LogP contribution >= 0.6 is 0 Å². The minimum Gasteiger partial charge on any atom is -0.325 e. The smallest absolute Gasteiger partial charge is 0.0794 e. The average Bonchev–Trinajstić information content (AvgIpc) is 2.30. The average molecular weight is 153 g/mol. The zero-order valence-electron chi connectivity index (χ0n) is 7.33. The Kier molecular flexibility index (Phi) is 2.29. The first-order chi connectivity index (χ1) is 5.15. The number of aromatic nitrogens is 2. The quantitative estimate of drug-likeness (QED) is 0.689. The first kappa shape index (κ1) is 8.27. The molecule has 0 radical (unpaired) electrons. The molecule has 0 unspecified atom stereocenters. The molecule has 0 bridgehead atoms. The summed E-state index contributed by atoms with van der Waals surface area (Å²) >= 11 is 0. The van der Waals surface area contributed by atoms with E-state index < -0.39 is 0 Å². The molecule has 0 fully saturated rings. The van der Waals surface area contributed by atoms with Crippen molar-refractivity contribution < 1.29 is 0 Å². The lowest BCUT2D eigenvalue weighted by atomic mass is 10.0. The fraction of sp³-hybridized carbons (Fsp3) is 0.625. The van der Waals surface area contributed by atoms with E-state index >= 15 is 0 Å². The van der Waals surface area contributed by atoms with E-state index in [1.807, 2.05) is 17.9 Å². The second-order valence-corrected chi connectivity index (χ2v) is 3.06. The fourth-order valence-electron chi connectivity index (χ4n) is 1.19. The van der Waals surface area contributed by atoms with Crippen molar-refractivity contribution in [1.29, 1.82) is 0 Å². The van der Waals surface area contributed by atoms with Gasteiger partial charge in [-0.25, -0.2) is 0 Å². The van der Waals surface area contributed by atoms with Crippen LogP contribution in [0.4, 0.5) is 0 Å². The van der Waals surface area contributed by atoms with Crippen LogP contribution in [-0.2, 0) is 13.6 Å². The number of aryl methyl sites for hydroxylation is 1. The van der Waals surface area contributed by atoms with E-state index in [4.69, 9.17) is 5.73 Å². The third-order valence-electron chi connectivity index (χ3n) is 1.75. The predicted molar refractivity (Wildman–Crippen MR) is 45.2 cm³/mol. The molecule has 0 spiro atoms. The highest BCUT2D eigenvalue weighted by atomic mass is 15.3. The molecule has 0 aliphatic heterocycles. The van der Waals surface area contributed by atoms with Gasteiger partial charge in [-0.3, -0.25) is 4.68 Å². The molecule has 0 saturated carbocycles. The third kappa shape index (κ3) is 1.60. The van der Waals surface area contributed by atoms with Gasteiger partial charge in [0.15, 0.2) is 0 Å². The summed E-state index contributed by atoms with van der Waals surface area (Å²) in [5.41, 5.74) is 7.80. The summed E-state index contributed by atoms with van der Waals surface area (Å²) in [6.45, 7) is 4.83. The molecule has 1 aromatic heterocycles. The van der Waals surface area contributed by atoms with Crippen LogP contribution in [0.25, 0.3) is 0 Å². The van der Waals surface area contributed by atoms with E-state index in [1.165, 1.54) is 5.56 Å². The van der Waals surface area contributed by atoms with Gasteiger partial charge >= 0.3 is 0 Å². The molecule has 62 valence electrons. The van der Waals surface area contributed by atoms with Crippen LogP contribution in [0.1, 0.15) is 31.0 Å². The zero-order chi connectivity index (χ0) is 8.43. The Hall–Kier alpha value is -0.830. The Morgan fingerprint density at radius 3 is 2.64 bits per heavy atom. The highest BCUT2D eigenvalue weighted by Gasteiger charge is 2.08. The summed E-state index contributed by atoms with van der Waals surface area (Å²) in [4.78, 5) is 0. The van der Waals surface area contributed by atoms with Gasteiger partial charge in [0.1, 0.15) is 0 Å². The molecule has 2 N–H and O–H groups in total. The topological polar surface area (TPSA) is 43.8 Å². The van der Waals surface area contributed by atoms with Crippen molar-refractivity contribution in [1.82, 2.24) is 9.78 Å². The summed E-state index contributed by atoms with van der Waals surface area (Å²) < 4.78 is 1.82. The van der Waals surface area contributed by atoms with Crippen molar-refractivity contribution in [2.75, 3.05) is 0 Å². The summed E-state index contributed by atoms with van der Waals surface area (Å²) in [5, 5.41) is 4.24.